The highest BCUT2D eigenvalue weighted by molar-refractivity contribution is 5.82. The number of hydrogen-bond acceptors (Lipinski definition) is 2. The van der Waals surface area contributed by atoms with Crippen molar-refractivity contribution in [1.82, 2.24) is 10.3 Å². The molecule has 2 aromatic carbocycles. The standard InChI is InChI=1S/C24H28N2O2/c1-16(22-4-2-3-19-13-14-25-24(19)22)26-21-11-10-20(15-21)18-8-5-17(6-9-18)7-12-23(27)28/h2-6,8-9,13-14,16,20-21,25-26H,7,10-12,15H2,1H3,(H,27,28)/t16?,20-,21-/m0/s1. The molecule has 3 aromatic rings. The second-order valence-corrected chi connectivity index (χ2v) is 8.02. The smallest absolute Gasteiger partial charge is 0.303 e. The van der Waals surface area contributed by atoms with E-state index in [1.165, 1.54) is 34.9 Å². The lowest BCUT2D eigenvalue weighted by Gasteiger charge is -2.21. The molecule has 3 atom stereocenters. The van der Waals surface area contributed by atoms with E-state index in [0.29, 0.717) is 24.4 Å². The Labute approximate surface area is 166 Å². The van der Waals surface area contributed by atoms with Gasteiger partial charge in [0.05, 0.1) is 5.52 Å². The van der Waals surface area contributed by atoms with Crippen LogP contribution >= 0.6 is 0 Å². The predicted octanol–water partition coefficient (Wildman–Crippen LogP) is 5.17. The summed E-state index contributed by atoms with van der Waals surface area (Å²) in [6.45, 7) is 2.25. The maximum absolute atomic E-state index is 10.7. The fraction of sp³-hybridized carbons (Fsp3) is 0.375. The summed E-state index contributed by atoms with van der Waals surface area (Å²) in [5, 5.41) is 13.9. The molecule has 1 unspecified atom stereocenters. The molecular formula is C24H28N2O2. The van der Waals surface area contributed by atoms with Crippen molar-refractivity contribution in [2.75, 3.05) is 0 Å². The average Bonchev–Trinajstić information content (AvgIpc) is 3.35. The molecule has 4 heteroatoms. The Morgan fingerprint density at radius 1 is 1.18 bits per heavy atom. The van der Waals surface area contributed by atoms with Crippen LogP contribution in [-0.2, 0) is 11.2 Å². The molecule has 1 aliphatic rings. The molecule has 0 amide bonds. The number of nitrogens with one attached hydrogen (secondary N) is 2. The maximum atomic E-state index is 10.7. The largest absolute Gasteiger partial charge is 0.481 e. The second-order valence-electron chi connectivity index (χ2n) is 8.02. The number of benzene rings is 2. The van der Waals surface area contributed by atoms with Gasteiger partial charge in [-0.3, -0.25) is 4.79 Å². The minimum Gasteiger partial charge on any atom is -0.481 e. The molecule has 0 bridgehead atoms. The summed E-state index contributed by atoms with van der Waals surface area (Å²) in [6.07, 6.45) is 6.35. The van der Waals surface area contributed by atoms with Gasteiger partial charge in [-0.15, -0.1) is 0 Å². The van der Waals surface area contributed by atoms with Gasteiger partial charge in [0.25, 0.3) is 0 Å². The van der Waals surface area contributed by atoms with Crippen molar-refractivity contribution in [3.63, 3.8) is 0 Å². The number of H-pyrrole nitrogens is 1. The van der Waals surface area contributed by atoms with E-state index in [4.69, 9.17) is 5.11 Å². The first-order valence-electron chi connectivity index (χ1n) is 10.2. The molecule has 1 heterocycles. The number of para-hydroxylation sites is 1. The van der Waals surface area contributed by atoms with Crippen LogP contribution in [0.5, 0.6) is 0 Å². The molecule has 3 N–H and O–H groups in total. The molecule has 1 saturated carbocycles. The Balaban J connectivity index is 1.36. The summed E-state index contributed by atoms with van der Waals surface area (Å²) in [5.74, 6) is -0.155. The van der Waals surface area contributed by atoms with Crippen molar-refractivity contribution >= 4 is 16.9 Å². The number of carbonyl (C=O) groups is 1. The zero-order valence-corrected chi connectivity index (χ0v) is 16.3. The normalized spacial score (nSPS) is 20.5. The molecule has 28 heavy (non-hydrogen) atoms. The Morgan fingerprint density at radius 2 is 2.00 bits per heavy atom. The van der Waals surface area contributed by atoms with E-state index in [1.54, 1.807) is 0 Å². The monoisotopic (exact) mass is 376 g/mol. The highest BCUT2D eigenvalue weighted by atomic mass is 16.4. The topological polar surface area (TPSA) is 65.1 Å². The Bertz CT molecular complexity index is 945. The van der Waals surface area contributed by atoms with Gasteiger partial charge < -0.3 is 15.4 Å². The minimum absolute atomic E-state index is 0.195. The minimum atomic E-state index is -0.738. The summed E-state index contributed by atoms with van der Waals surface area (Å²) in [7, 11) is 0. The van der Waals surface area contributed by atoms with E-state index in [-0.39, 0.29) is 6.42 Å². The molecule has 4 nitrogen and oxygen atoms in total. The molecule has 4 rings (SSSR count). The van der Waals surface area contributed by atoms with Crippen LogP contribution in [0, 0.1) is 0 Å². The predicted molar refractivity (Wildman–Crippen MR) is 113 cm³/mol. The number of rotatable bonds is 7. The molecule has 0 spiro atoms. The first kappa shape index (κ1) is 18.8. The van der Waals surface area contributed by atoms with Gasteiger partial charge in [-0.05, 0) is 66.7 Å². The summed E-state index contributed by atoms with van der Waals surface area (Å²) in [6, 6.07) is 18.0. The molecule has 0 saturated heterocycles. The van der Waals surface area contributed by atoms with Crippen molar-refractivity contribution in [3.8, 4) is 0 Å². The third-order valence-electron chi connectivity index (χ3n) is 6.08. The van der Waals surface area contributed by atoms with Crippen LogP contribution < -0.4 is 5.32 Å². The number of hydrogen-bond donors (Lipinski definition) is 3. The first-order chi connectivity index (χ1) is 13.6. The van der Waals surface area contributed by atoms with Crippen LogP contribution in [-0.4, -0.2) is 22.1 Å². The Kier molecular flexibility index (Phi) is 5.49. The molecular weight excluding hydrogens is 348 g/mol. The van der Waals surface area contributed by atoms with Gasteiger partial charge in [0.1, 0.15) is 0 Å². The summed E-state index contributed by atoms with van der Waals surface area (Å²) < 4.78 is 0. The number of aliphatic carboxylic acids is 1. The van der Waals surface area contributed by atoms with Gasteiger partial charge in [-0.1, -0.05) is 42.5 Å². The maximum Gasteiger partial charge on any atom is 0.303 e. The lowest BCUT2D eigenvalue weighted by Crippen LogP contribution is -2.29. The van der Waals surface area contributed by atoms with Gasteiger partial charge >= 0.3 is 5.97 Å². The van der Waals surface area contributed by atoms with Gasteiger partial charge in [0, 0.05) is 24.7 Å². The lowest BCUT2D eigenvalue weighted by molar-refractivity contribution is -0.136. The number of aromatic amines is 1. The van der Waals surface area contributed by atoms with E-state index < -0.39 is 5.97 Å². The zero-order valence-electron chi connectivity index (χ0n) is 16.3. The summed E-state index contributed by atoms with van der Waals surface area (Å²) in [5.41, 5.74) is 5.04. The fourth-order valence-electron chi connectivity index (χ4n) is 4.56. The van der Waals surface area contributed by atoms with Crippen LogP contribution in [0.1, 0.15) is 61.3 Å². The summed E-state index contributed by atoms with van der Waals surface area (Å²) in [4.78, 5) is 14.1. The van der Waals surface area contributed by atoms with E-state index in [9.17, 15) is 4.79 Å². The van der Waals surface area contributed by atoms with E-state index in [2.05, 4.69) is 65.8 Å². The van der Waals surface area contributed by atoms with Crippen LogP contribution in [0.4, 0.5) is 0 Å². The SMILES string of the molecule is CC(N[C@H]1CC[C@H](c2ccc(CCC(=O)O)cc2)C1)c1cccc2cc[nH]c12. The highest BCUT2D eigenvalue weighted by Crippen LogP contribution is 2.36. The average molecular weight is 377 g/mol. The quantitative estimate of drug-likeness (QED) is 0.533. The van der Waals surface area contributed by atoms with E-state index in [1.807, 2.05) is 6.20 Å². The van der Waals surface area contributed by atoms with Gasteiger partial charge in [-0.25, -0.2) is 0 Å². The highest BCUT2D eigenvalue weighted by Gasteiger charge is 2.27. The van der Waals surface area contributed by atoms with Crippen molar-refractivity contribution < 1.29 is 9.90 Å². The second kappa shape index (κ2) is 8.19. The molecule has 1 fully saturated rings. The van der Waals surface area contributed by atoms with Crippen LogP contribution in [0.3, 0.4) is 0 Å². The Morgan fingerprint density at radius 3 is 2.79 bits per heavy atom. The van der Waals surface area contributed by atoms with Crippen molar-refractivity contribution in [3.05, 3.63) is 71.4 Å². The molecule has 1 aliphatic carbocycles. The van der Waals surface area contributed by atoms with Gasteiger partial charge in [-0.2, -0.15) is 0 Å². The third-order valence-corrected chi connectivity index (χ3v) is 6.08. The summed E-state index contributed by atoms with van der Waals surface area (Å²) >= 11 is 0. The zero-order chi connectivity index (χ0) is 19.5. The third kappa shape index (κ3) is 4.12. The number of fused-ring (bicyclic) bond motifs is 1. The first-order valence-corrected chi connectivity index (χ1v) is 10.2. The van der Waals surface area contributed by atoms with Crippen LogP contribution in [0.2, 0.25) is 0 Å². The number of aromatic nitrogens is 1. The lowest BCUT2D eigenvalue weighted by atomic mass is 9.95. The van der Waals surface area contributed by atoms with E-state index in [0.717, 1.165) is 12.0 Å². The van der Waals surface area contributed by atoms with Crippen molar-refractivity contribution in [1.29, 1.82) is 0 Å². The fourth-order valence-corrected chi connectivity index (χ4v) is 4.56. The Hall–Kier alpha value is -2.59. The van der Waals surface area contributed by atoms with Crippen molar-refractivity contribution in [2.24, 2.45) is 0 Å². The number of aryl methyl sites for hydroxylation is 1. The number of carboxylic acids is 1. The molecule has 1 aromatic heterocycles. The van der Waals surface area contributed by atoms with E-state index >= 15 is 0 Å². The molecule has 146 valence electrons. The molecule has 0 radical (unpaired) electrons. The van der Waals surface area contributed by atoms with Gasteiger partial charge in [0.2, 0.25) is 0 Å². The van der Waals surface area contributed by atoms with Gasteiger partial charge in [0.15, 0.2) is 0 Å². The molecule has 0 aliphatic heterocycles. The number of carboxylic acid groups (broad SMARTS) is 1. The van der Waals surface area contributed by atoms with Crippen LogP contribution in [0.25, 0.3) is 10.9 Å². The van der Waals surface area contributed by atoms with Crippen molar-refractivity contribution in [2.45, 2.75) is 57.0 Å². The van der Waals surface area contributed by atoms with Crippen LogP contribution in [0.15, 0.2) is 54.7 Å².